The van der Waals surface area contributed by atoms with Crippen molar-refractivity contribution >= 4 is 23.3 Å². The molecule has 1 amide bonds. The van der Waals surface area contributed by atoms with Crippen LogP contribution in [0.1, 0.15) is 13.8 Å². The van der Waals surface area contributed by atoms with Gasteiger partial charge in [0.15, 0.2) is 0 Å². The largest absolute Gasteiger partial charge is 0.477 e. The highest BCUT2D eigenvalue weighted by Crippen LogP contribution is 2.11. The lowest BCUT2D eigenvalue weighted by Crippen LogP contribution is -2.35. The number of aliphatic carboxylic acids is 1. The van der Waals surface area contributed by atoms with E-state index in [-0.39, 0.29) is 18.2 Å². The fourth-order valence-electron chi connectivity index (χ4n) is 1.43. The number of anilines is 1. The number of carbonyl (C=O) groups excluding carboxylic acids is 1. The molecule has 0 saturated carbocycles. The Labute approximate surface area is 111 Å². The molecule has 0 spiro atoms. The Morgan fingerprint density at radius 2 is 1.95 bits per heavy atom. The first-order valence-corrected chi connectivity index (χ1v) is 5.91. The van der Waals surface area contributed by atoms with E-state index in [1.165, 1.54) is 6.92 Å². The molecule has 0 atom stereocenters. The summed E-state index contributed by atoms with van der Waals surface area (Å²) in [5, 5.41) is 12.1. The predicted molar refractivity (Wildman–Crippen MR) is 73.2 cm³/mol. The third kappa shape index (κ3) is 4.79. The molecule has 0 aliphatic carbocycles. The van der Waals surface area contributed by atoms with Crippen LogP contribution in [0.5, 0.6) is 0 Å². The number of hydrogen-bond acceptors (Lipinski definition) is 4. The monoisotopic (exact) mass is 263 g/mol. The van der Waals surface area contributed by atoms with Crippen molar-refractivity contribution < 1.29 is 14.7 Å². The van der Waals surface area contributed by atoms with Crippen LogP contribution in [0.25, 0.3) is 0 Å². The van der Waals surface area contributed by atoms with Crippen molar-refractivity contribution in [2.75, 3.05) is 18.0 Å². The Morgan fingerprint density at radius 3 is 2.47 bits per heavy atom. The van der Waals surface area contributed by atoms with Crippen molar-refractivity contribution in [3.05, 3.63) is 30.3 Å². The molecular formula is C13H17N3O3. The van der Waals surface area contributed by atoms with E-state index in [4.69, 9.17) is 5.11 Å². The standard InChI is InChI=1S/C13H17N3O3/c1-3-16(11-7-5-4-6-8-11)9-12(17)15-14-10(2)13(18)19/h4-8H,3,9H2,1-2H3,(H,15,17)(H,18,19). The van der Waals surface area contributed by atoms with Crippen LogP contribution >= 0.6 is 0 Å². The molecule has 0 fully saturated rings. The summed E-state index contributed by atoms with van der Waals surface area (Å²) in [6.45, 7) is 4.04. The van der Waals surface area contributed by atoms with Gasteiger partial charge in [0, 0.05) is 12.2 Å². The summed E-state index contributed by atoms with van der Waals surface area (Å²) in [6, 6.07) is 9.49. The Balaban J connectivity index is 2.60. The van der Waals surface area contributed by atoms with Crippen LogP contribution in [0.15, 0.2) is 35.4 Å². The van der Waals surface area contributed by atoms with E-state index < -0.39 is 5.97 Å². The third-order valence-corrected chi connectivity index (χ3v) is 2.50. The molecule has 1 aromatic carbocycles. The zero-order chi connectivity index (χ0) is 14.3. The Bertz CT molecular complexity index is 471. The maximum atomic E-state index is 11.7. The van der Waals surface area contributed by atoms with Crippen LogP contribution < -0.4 is 10.3 Å². The van der Waals surface area contributed by atoms with Crippen molar-refractivity contribution in [2.45, 2.75) is 13.8 Å². The van der Waals surface area contributed by atoms with Crippen LogP contribution in [0.3, 0.4) is 0 Å². The van der Waals surface area contributed by atoms with Crippen LogP contribution in [0, 0.1) is 0 Å². The minimum Gasteiger partial charge on any atom is -0.477 e. The number of benzene rings is 1. The van der Waals surface area contributed by atoms with E-state index in [1.807, 2.05) is 42.2 Å². The van der Waals surface area contributed by atoms with Crippen LogP contribution in [0.4, 0.5) is 5.69 Å². The van der Waals surface area contributed by atoms with Crippen molar-refractivity contribution in [3.8, 4) is 0 Å². The van der Waals surface area contributed by atoms with Gasteiger partial charge in [-0.25, -0.2) is 10.2 Å². The molecule has 6 nitrogen and oxygen atoms in total. The smallest absolute Gasteiger partial charge is 0.351 e. The molecule has 1 aromatic rings. The highest BCUT2D eigenvalue weighted by molar-refractivity contribution is 6.34. The quantitative estimate of drug-likeness (QED) is 0.594. The van der Waals surface area contributed by atoms with Gasteiger partial charge in [0.05, 0.1) is 6.54 Å². The molecule has 0 bridgehead atoms. The number of para-hydroxylation sites is 1. The summed E-state index contributed by atoms with van der Waals surface area (Å²) >= 11 is 0. The van der Waals surface area contributed by atoms with Crippen molar-refractivity contribution in [3.63, 3.8) is 0 Å². The Morgan fingerprint density at radius 1 is 1.32 bits per heavy atom. The average Bonchev–Trinajstić information content (AvgIpc) is 2.42. The summed E-state index contributed by atoms with van der Waals surface area (Å²) in [5.41, 5.74) is 3.00. The lowest BCUT2D eigenvalue weighted by Gasteiger charge is -2.21. The molecule has 19 heavy (non-hydrogen) atoms. The number of likely N-dealkylation sites (N-methyl/N-ethyl adjacent to an activating group) is 1. The number of carbonyl (C=O) groups is 2. The van der Waals surface area contributed by atoms with Crippen LogP contribution in [0.2, 0.25) is 0 Å². The van der Waals surface area contributed by atoms with E-state index in [9.17, 15) is 9.59 Å². The number of amides is 1. The van der Waals surface area contributed by atoms with Gasteiger partial charge in [-0.1, -0.05) is 18.2 Å². The van der Waals surface area contributed by atoms with E-state index in [2.05, 4.69) is 10.5 Å². The van der Waals surface area contributed by atoms with Gasteiger partial charge in [0.1, 0.15) is 5.71 Å². The summed E-state index contributed by atoms with van der Waals surface area (Å²) in [6.07, 6.45) is 0. The lowest BCUT2D eigenvalue weighted by atomic mass is 10.3. The first-order valence-electron chi connectivity index (χ1n) is 5.91. The average molecular weight is 263 g/mol. The maximum Gasteiger partial charge on any atom is 0.351 e. The lowest BCUT2D eigenvalue weighted by molar-refractivity contribution is -0.129. The number of nitrogens with one attached hydrogen (secondary N) is 1. The molecule has 1 rings (SSSR count). The second kappa shape index (κ2) is 7.15. The van der Waals surface area contributed by atoms with Gasteiger partial charge >= 0.3 is 5.97 Å². The number of rotatable bonds is 6. The van der Waals surface area contributed by atoms with Crippen molar-refractivity contribution in [2.24, 2.45) is 5.10 Å². The van der Waals surface area contributed by atoms with Gasteiger partial charge in [-0.15, -0.1) is 0 Å². The first kappa shape index (κ1) is 14.7. The number of carboxylic acid groups (broad SMARTS) is 1. The molecule has 6 heteroatoms. The minimum atomic E-state index is -1.16. The molecule has 0 aliphatic rings. The number of hydrogen-bond donors (Lipinski definition) is 2. The van der Waals surface area contributed by atoms with Gasteiger partial charge in [-0.3, -0.25) is 4.79 Å². The third-order valence-electron chi connectivity index (χ3n) is 2.50. The molecule has 102 valence electrons. The van der Waals surface area contributed by atoms with Crippen LogP contribution in [-0.4, -0.2) is 35.8 Å². The number of nitrogens with zero attached hydrogens (tertiary/aromatic N) is 2. The van der Waals surface area contributed by atoms with E-state index in [1.54, 1.807) is 0 Å². The second-order valence-electron chi connectivity index (χ2n) is 3.89. The highest BCUT2D eigenvalue weighted by atomic mass is 16.4. The van der Waals surface area contributed by atoms with Crippen LogP contribution in [-0.2, 0) is 9.59 Å². The molecule has 0 heterocycles. The predicted octanol–water partition coefficient (Wildman–Crippen LogP) is 1.09. The highest BCUT2D eigenvalue weighted by Gasteiger charge is 2.09. The summed E-state index contributed by atoms with van der Waals surface area (Å²) in [7, 11) is 0. The zero-order valence-electron chi connectivity index (χ0n) is 11.0. The molecule has 0 aliphatic heterocycles. The fourth-order valence-corrected chi connectivity index (χ4v) is 1.43. The summed E-state index contributed by atoms with van der Waals surface area (Å²) in [5.74, 6) is -1.51. The number of hydrazone groups is 1. The first-order chi connectivity index (χ1) is 9.04. The fraction of sp³-hybridized carbons (Fsp3) is 0.308. The second-order valence-corrected chi connectivity index (χ2v) is 3.89. The summed E-state index contributed by atoms with van der Waals surface area (Å²) in [4.78, 5) is 24.0. The topological polar surface area (TPSA) is 82.0 Å². The van der Waals surface area contributed by atoms with Gasteiger partial charge in [0.2, 0.25) is 0 Å². The Kier molecular flexibility index (Phi) is 5.53. The molecule has 0 radical (unpaired) electrons. The SMILES string of the molecule is CCN(CC(=O)NN=C(C)C(=O)O)c1ccccc1. The van der Waals surface area contributed by atoms with Gasteiger partial charge in [-0.05, 0) is 26.0 Å². The molecule has 0 aromatic heterocycles. The van der Waals surface area contributed by atoms with Gasteiger partial charge in [0.25, 0.3) is 5.91 Å². The van der Waals surface area contributed by atoms with E-state index >= 15 is 0 Å². The molecule has 2 N–H and O–H groups in total. The maximum absolute atomic E-state index is 11.7. The van der Waals surface area contributed by atoms with Gasteiger partial charge in [-0.2, -0.15) is 5.10 Å². The molecule has 0 unspecified atom stereocenters. The molecule has 0 saturated heterocycles. The van der Waals surface area contributed by atoms with Gasteiger partial charge < -0.3 is 10.0 Å². The van der Waals surface area contributed by atoms with E-state index in [0.29, 0.717) is 6.54 Å². The zero-order valence-corrected chi connectivity index (χ0v) is 11.0. The van der Waals surface area contributed by atoms with Crippen molar-refractivity contribution in [1.82, 2.24) is 5.43 Å². The molecular weight excluding hydrogens is 246 g/mol. The minimum absolute atomic E-state index is 0.122. The normalized spacial score (nSPS) is 10.9. The Hall–Kier alpha value is -2.37. The van der Waals surface area contributed by atoms with E-state index in [0.717, 1.165) is 5.69 Å². The summed E-state index contributed by atoms with van der Waals surface area (Å²) < 4.78 is 0. The number of carboxylic acids is 1. The van der Waals surface area contributed by atoms with Crippen molar-refractivity contribution in [1.29, 1.82) is 0 Å².